The Morgan fingerprint density at radius 2 is 1.15 bits per heavy atom. The Kier molecular flexibility index (Phi) is 23.0. The summed E-state index contributed by atoms with van der Waals surface area (Å²) in [6.07, 6.45) is -11.5. The van der Waals surface area contributed by atoms with Gasteiger partial charge in [0.05, 0.1) is 39.5 Å². The molecule has 0 spiro atoms. The van der Waals surface area contributed by atoms with Gasteiger partial charge in [-0.1, -0.05) is 31.0 Å². The van der Waals surface area contributed by atoms with E-state index in [2.05, 4.69) is 21.3 Å². The molecule has 0 unspecified atom stereocenters. The minimum atomic E-state index is -1.81. The number of hydrogen-bond donors (Lipinski definition) is 11. The third-order valence-electron chi connectivity index (χ3n) is 9.71. The number of carbonyl (C=O) groups excluding carboxylic acids is 5. The molecule has 0 radical (unpaired) electrons. The lowest BCUT2D eigenvalue weighted by molar-refractivity contribution is -0.367. The highest BCUT2D eigenvalue weighted by atomic mass is 16.8. The van der Waals surface area contributed by atoms with Crippen molar-refractivity contribution in [3.8, 4) is 0 Å². The molecule has 340 valence electrons. The smallest absolute Gasteiger partial charge is 0.234 e. The van der Waals surface area contributed by atoms with Crippen LogP contribution in [0.4, 0.5) is 5.69 Å². The van der Waals surface area contributed by atoms with Gasteiger partial charge in [-0.25, -0.2) is 0 Å². The lowest BCUT2D eigenvalue weighted by Crippen LogP contribution is -2.64. The van der Waals surface area contributed by atoms with E-state index in [9.17, 15) is 59.7 Å². The van der Waals surface area contributed by atoms with Crippen LogP contribution in [0.15, 0.2) is 30.3 Å². The summed E-state index contributed by atoms with van der Waals surface area (Å²) in [6.45, 7) is 0.140. The van der Waals surface area contributed by atoms with Crippen molar-refractivity contribution in [2.75, 3.05) is 64.4 Å². The van der Waals surface area contributed by atoms with Gasteiger partial charge in [0.25, 0.3) is 0 Å². The van der Waals surface area contributed by atoms with Crippen LogP contribution < -0.4 is 21.3 Å². The van der Waals surface area contributed by atoms with Gasteiger partial charge in [-0.15, -0.1) is 0 Å². The number of benzene rings is 1. The number of Topliss-reactive ketones (excluding diaryl/α,β-unsaturated/α-hetero) is 1. The summed E-state index contributed by atoms with van der Waals surface area (Å²) in [5.74, 6) is -1.25. The molecule has 4 amide bonds. The van der Waals surface area contributed by atoms with Crippen LogP contribution in [0.3, 0.4) is 0 Å². The van der Waals surface area contributed by atoms with Gasteiger partial charge in [0, 0.05) is 38.2 Å². The number of nitrogens with zero attached hydrogens (tertiary/aromatic N) is 1. The Bertz CT molecular complexity index is 1460. The highest BCUT2D eigenvalue weighted by Crippen LogP contribution is 2.29. The van der Waals surface area contributed by atoms with E-state index in [4.69, 9.17) is 18.9 Å². The number of hydrogen-bond acceptors (Lipinski definition) is 17. The van der Waals surface area contributed by atoms with Crippen molar-refractivity contribution >= 4 is 35.1 Å². The lowest BCUT2D eigenvalue weighted by Gasteiger charge is -2.45. The quantitative estimate of drug-likeness (QED) is 0.0385. The lowest BCUT2D eigenvalue weighted by atomic mass is 9.97. The van der Waals surface area contributed by atoms with Crippen LogP contribution in [0.25, 0.3) is 0 Å². The van der Waals surface area contributed by atoms with Crippen LogP contribution >= 0.6 is 0 Å². The fraction of sp³-hybridized carbons (Fsp3) is 0.718. The number of para-hydroxylation sites is 1. The van der Waals surface area contributed by atoms with Crippen molar-refractivity contribution in [3.63, 3.8) is 0 Å². The number of unbranched alkanes of at least 4 members (excludes halogenated alkanes) is 4. The van der Waals surface area contributed by atoms with Gasteiger partial charge in [-0.2, -0.15) is 0 Å². The van der Waals surface area contributed by atoms with E-state index in [1.807, 2.05) is 30.3 Å². The summed E-state index contributed by atoms with van der Waals surface area (Å²) in [6, 6.07) is 9.17. The number of ketones is 1. The average molecular weight is 858 g/mol. The molecule has 0 saturated carbocycles. The van der Waals surface area contributed by atoms with Crippen LogP contribution in [0, 0.1) is 0 Å². The van der Waals surface area contributed by atoms with Crippen molar-refractivity contribution in [1.29, 1.82) is 0 Å². The predicted molar refractivity (Wildman–Crippen MR) is 211 cm³/mol. The summed E-state index contributed by atoms with van der Waals surface area (Å²) >= 11 is 0. The highest BCUT2D eigenvalue weighted by Gasteiger charge is 2.50. The summed E-state index contributed by atoms with van der Waals surface area (Å²) in [4.78, 5) is 62.8. The molecule has 3 rings (SSSR count). The summed E-state index contributed by atoms with van der Waals surface area (Å²) < 4.78 is 22.1. The molecule has 11 N–H and O–H groups in total. The Balaban J connectivity index is 1.27. The van der Waals surface area contributed by atoms with E-state index in [-0.39, 0.29) is 68.6 Å². The second kappa shape index (κ2) is 27.3. The van der Waals surface area contributed by atoms with E-state index < -0.39 is 74.6 Å². The maximum atomic E-state index is 12.6. The zero-order valence-corrected chi connectivity index (χ0v) is 33.9. The Hall–Kier alpha value is -3.71. The van der Waals surface area contributed by atoms with Crippen molar-refractivity contribution in [1.82, 2.24) is 20.9 Å². The molecule has 2 fully saturated rings. The van der Waals surface area contributed by atoms with Gasteiger partial charge in [-0.05, 0) is 44.7 Å². The van der Waals surface area contributed by atoms with Crippen molar-refractivity contribution in [2.45, 2.75) is 120 Å². The van der Waals surface area contributed by atoms with Crippen LogP contribution in [-0.2, 0) is 42.9 Å². The van der Waals surface area contributed by atoms with Gasteiger partial charge in [0.2, 0.25) is 23.6 Å². The first kappa shape index (κ1) is 50.6. The maximum Gasteiger partial charge on any atom is 0.234 e. The third-order valence-corrected chi connectivity index (χ3v) is 9.71. The number of rotatable bonds is 27. The van der Waals surface area contributed by atoms with E-state index in [1.54, 1.807) is 0 Å². The Morgan fingerprint density at radius 3 is 1.72 bits per heavy atom. The van der Waals surface area contributed by atoms with Crippen molar-refractivity contribution < 1.29 is 78.7 Å². The molecule has 2 aliphatic rings. The number of aliphatic hydroxyl groups excluding tert-OH is 7. The normalized spacial score (nSPS) is 26.6. The molecule has 2 aliphatic heterocycles. The molecule has 2 saturated heterocycles. The number of carbonyl (C=O) groups is 5. The molecule has 21 nitrogen and oxygen atoms in total. The number of aliphatic hydroxyl groups is 7. The molecule has 10 atom stereocenters. The first-order valence-electron chi connectivity index (χ1n) is 20.3. The number of nitrogens with one attached hydrogen (secondary N) is 4. The fourth-order valence-electron chi connectivity index (χ4n) is 6.50. The summed E-state index contributed by atoms with van der Waals surface area (Å²) in [5.41, 5.74) is 0.739. The summed E-state index contributed by atoms with van der Waals surface area (Å²) in [7, 11) is 0. The number of anilines is 1. The van der Waals surface area contributed by atoms with Crippen LogP contribution in [-0.4, -0.2) is 191 Å². The van der Waals surface area contributed by atoms with Crippen LogP contribution in [0.2, 0.25) is 0 Å². The SMILES string of the molecule is CC(=O)CN(CC(=O)NCCCCCC(=O)NCCO[C@H]1O[C@H](CO)[C@@H](O)[C@H](O)[C@@H]1O[C@H]1O[C@H](CO)[C@@H](O)[C@H](O)[C@@H]1O)CC(=O)NCCCCCC(=O)Nc1ccccc1. The topological polar surface area (TPSA) is 315 Å². The molecule has 0 bridgehead atoms. The predicted octanol–water partition coefficient (Wildman–Crippen LogP) is -3.37. The second-order valence-electron chi connectivity index (χ2n) is 14.8. The van der Waals surface area contributed by atoms with Gasteiger partial charge in [0.15, 0.2) is 12.6 Å². The molecule has 21 heteroatoms. The van der Waals surface area contributed by atoms with Crippen molar-refractivity contribution in [3.05, 3.63) is 30.3 Å². The van der Waals surface area contributed by atoms with E-state index in [0.29, 0.717) is 51.6 Å². The van der Waals surface area contributed by atoms with Crippen LogP contribution in [0.1, 0.15) is 58.3 Å². The molecular formula is C39H63N5O16. The molecular weight excluding hydrogens is 794 g/mol. The van der Waals surface area contributed by atoms with Crippen molar-refractivity contribution in [2.24, 2.45) is 0 Å². The fourth-order valence-corrected chi connectivity index (χ4v) is 6.50. The minimum Gasteiger partial charge on any atom is -0.394 e. The highest BCUT2D eigenvalue weighted by molar-refractivity contribution is 5.90. The van der Waals surface area contributed by atoms with Crippen LogP contribution in [0.5, 0.6) is 0 Å². The average Bonchev–Trinajstić information content (AvgIpc) is 3.21. The van der Waals surface area contributed by atoms with Gasteiger partial charge < -0.3 is 76.0 Å². The zero-order chi connectivity index (χ0) is 44.0. The molecule has 60 heavy (non-hydrogen) atoms. The molecule has 2 heterocycles. The molecule has 0 aromatic heterocycles. The molecule has 0 aliphatic carbocycles. The number of amides is 4. The largest absolute Gasteiger partial charge is 0.394 e. The summed E-state index contributed by atoms with van der Waals surface area (Å²) in [5, 5.41) is 81.7. The van der Waals surface area contributed by atoms with E-state index in [0.717, 1.165) is 12.1 Å². The second-order valence-corrected chi connectivity index (χ2v) is 14.8. The zero-order valence-electron chi connectivity index (χ0n) is 33.9. The minimum absolute atomic E-state index is 0.00556. The van der Waals surface area contributed by atoms with Gasteiger partial charge >= 0.3 is 0 Å². The van der Waals surface area contributed by atoms with Gasteiger partial charge in [0.1, 0.15) is 54.6 Å². The maximum absolute atomic E-state index is 12.6. The Morgan fingerprint density at radius 1 is 0.617 bits per heavy atom. The van der Waals surface area contributed by atoms with E-state index >= 15 is 0 Å². The first-order chi connectivity index (χ1) is 28.7. The molecule has 1 aromatic rings. The molecule has 1 aromatic carbocycles. The standard InChI is InChI=1S/C39H63N5O16/c1-24(47)19-44(21-31(51)41-16-10-4-8-14-29(49)43-25-11-5-2-6-12-25)20-30(50)40-15-9-3-7-13-28(48)42-17-18-57-39-37(35(55)33(53)27(23-46)59-39)60-38-36(56)34(54)32(52)26(22-45)58-38/h2,5-6,11-12,26-27,32-39,45-46,52-56H,3-4,7-10,13-23H2,1H3,(H,40,50)(H,41,51)(H,42,48)(H,43,49)/t26-,27-,32-,33-,34+,35+,36+,37+,38-,39+/m1/s1. The van der Waals surface area contributed by atoms with Gasteiger partial charge in [-0.3, -0.25) is 28.9 Å². The number of ether oxygens (including phenoxy) is 4. The monoisotopic (exact) mass is 857 g/mol. The Labute approximate surface area is 348 Å². The third kappa shape index (κ3) is 17.7. The van der Waals surface area contributed by atoms with E-state index in [1.165, 1.54) is 11.8 Å². The first-order valence-corrected chi connectivity index (χ1v) is 20.3.